The molecule has 3 amide bonds. The van der Waals surface area contributed by atoms with Crippen molar-refractivity contribution in [3.63, 3.8) is 0 Å². The molecule has 0 aromatic heterocycles. The van der Waals surface area contributed by atoms with Crippen molar-refractivity contribution in [2.75, 3.05) is 10.2 Å². The first-order chi connectivity index (χ1) is 13.9. The molecule has 29 heavy (non-hydrogen) atoms. The molecule has 1 fully saturated rings. The fraction of sp³-hybridized carbons (Fsp3) is 0.261. The highest BCUT2D eigenvalue weighted by Crippen LogP contribution is 2.40. The fourth-order valence-electron chi connectivity index (χ4n) is 4.00. The fourth-order valence-corrected chi connectivity index (χ4v) is 4.19. The highest BCUT2D eigenvalue weighted by molar-refractivity contribution is 6.31. The minimum Gasteiger partial charge on any atom is -0.322 e. The van der Waals surface area contributed by atoms with E-state index in [0.29, 0.717) is 29.2 Å². The van der Waals surface area contributed by atoms with Gasteiger partial charge in [0.15, 0.2) is 0 Å². The van der Waals surface area contributed by atoms with Gasteiger partial charge in [-0.1, -0.05) is 41.4 Å². The Morgan fingerprint density at radius 2 is 1.79 bits per heavy atom. The molecular weight excluding hydrogens is 388 g/mol. The maximum Gasteiger partial charge on any atom is 0.257 e. The number of nitrogens with one attached hydrogen (secondary N) is 1. The number of para-hydroxylation sites is 1. The first kappa shape index (κ1) is 19.4. The number of carbonyl (C=O) groups is 3. The lowest BCUT2D eigenvalue weighted by molar-refractivity contribution is -0.122. The average molecular weight is 409 g/mol. The summed E-state index contributed by atoms with van der Waals surface area (Å²) in [5, 5.41) is 3.36. The second-order valence-electron chi connectivity index (χ2n) is 7.65. The molecule has 0 unspecified atom stereocenters. The predicted octanol–water partition coefficient (Wildman–Crippen LogP) is 4.75. The molecule has 1 N–H and O–H groups in total. The van der Waals surface area contributed by atoms with E-state index >= 15 is 0 Å². The second kappa shape index (κ2) is 7.48. The Morgan fingerprint density at radius 3 is 2.55 bits per heavy atom. The van der Waals surface area contributed by atoms with Gasteiger partial charge in [0.05, 0.1) is 23.1 Å². The molecule has 0 saturated carbocycles. The Balaban J connectivity index is 1.65. The average Bonchev–Trinajstić information content (AvgIpc) is 2.94. The Bertz CT molecular complexity index is 1060. The maximum absolute atomic E-state index is 13.0. The van der Waals surface area contributed by atoms with E-state index in [-0.39, 0.29) is 29.2 Å². The number of nitrogens with zero attached hydrogens (tertiary/aromatic N) is 1. The number of amides is 3. The van der Waals surface area contributed by atoms with Crippen molar-refractivity contribution in [1.29, 1.82) is 0 Å². The van der Waals surface area contributed by atoms with Crippen molar-refractivity contribution >= 4 is 40.7 Å². The first-order valence-corrected chi connectivity index (χ1v) is 9.94. The third-order valence-corrected chi connectivity index (χ3v) is 6.05. The number of allylic oxidation sites excluding steroid dienone is 2. The van der Waals surface area contributed by atoms with Gasteiger partial charge in [0.1, 0.15) is 0 Å². The molecule has 2 aromatic rings. The van der Waals surface area contributed by atoms with Crippen LogP contribution in [0.3, 0.4) is 0 Å². The molecule has 2 aromatic carbocycles. The maximum atomic E-state index is 13.0. The Morgan fingerprint density at radius 1 is 1.07 bits per heavy atom. The van der Waals surface area contributed by atoms with Crippen LogP contribution in [0.1, 0.15) is 35.7 Å². The molecule has 1 saturated heterocycles. The van der Waals surface area contributed by atoms with Gasteiger partial charge in [-0.3, -0.25) is 14.4 Å². The zero-order chi connectivity index (χ0) is 20.7. The molecule has 1 aliphatic heterocycles. The number of anilines is 2. The summed E-state index contributed by atoms with van der Waals surface area (Å²) in [6.45, 7) is 3.86. The number of fused-ring (bicyclic) bond motifs is 1. The summed E-state index contributed by atoms with van der Waals surface area (Å²) < 4.78 is 0. The van der Waals surface area contributed by atoms with Crippen LogP contribution in [0.5, 0.6) is 0 Å². The normalized spacial score (nSPS) is 21.1. The number of halogens is 1. The predicted molar refractivity (Wildman–Crippen MR) is 113 cm³/mol. The van der Waals surface area contributed by atoms with Crippen LogP contribution in [-0.4, -0.2) is 17.7 Å². The number of hydrogen-bond donors (Lipinski definition) is 1. The van der Waals surface area contributed by atoms with Crippen molar-refractivity contribution in [3.8, 4) is 0 Å². The van der Waals surface area contributed by atoms with Crippen LogP contribution in [0.25, 0.3) is 0 Å². The van der Waals surface area contributed by atoms with Gasteiger partial charge in [0, 0.05) is 10.7 Å². The van der Waals surface area contributed by atoms with Crippen LogP contribution >= 0.6 is 11.6 Å². The van der Waals surface area contributed by atoms with E-state index in [4.69, 9.17) is 11.6 Å². The number of aryl methyl sites for hydroxylation is 1. The molecule has 148 valence electrons. The summed E-state index contributed by atoms with van der Waals surface area (Å²) in [6.07, 6.45) is 3.17. The molecule has 2 atom stereocenters. The molecule has 6 heteroatoms. The van der Waals surface area contributed by atoms with Crippen LogP contribution in [0, 0.1) is 18.8 Å². The van der Waals surface area contributed by atoms with Crippen molar-refractivity contribution < 1.29 is 14.4 Å². The Kier molecular flexibility index (Phi) is 5.01. The zero-order valence-electron chi connectivity index (χ0n) is 16.2. The summed E-state index contributed by atoms with van der Waals surface area (Å²) in [7, 11) is 0. The van der Waals surface area contributed by atoms with Crippen LogP contribution in [0.4, 0.5) is 11.4 Å². The van der Waals surface area contributed by atoms with Crippen LogP contribution in [0.15, 0.2) is 54.1 Å². The highest BCUT2D eigenvalue weighted by atomic mass is 35.5. The second-order valence-corrected chi connectivity index (χ2v) is 8.06. The lowest BCUT2D eigenvalue weighted by atomic mass is 9.82. The lowest BCUT2D eigenvalue weighted by Gasteiger charge is -2.19. The summed E-state index contributed by atoms with van der Waals surface area (Å²) >= 11 is 6.14. The topological polar surface area (TPSA) is 66.5 Å². The molecule has 4 rings (SSSR count). The number of carbonyl (C=O) groups excluding carboxylic acids is 3. The summed E-state index contributed by atoms with van der Waals surface area (Å²) in [5.41, 5.74) is 3.17. The zero-order valence-corrected chi connectivity index (χ0v) is 17.0. The van der Waals surface area contributed by atoms with Crippen molar-refractivity contribution in [2.24, 2.45) is 11.8 Å². The Labute approximate surface area is 174 Å². The molecule has 1 aliphatic carbocycles. The van der Waals surface area contributed by atoms with E-state index in [1.54, 1.807) is 36.4 Å². The molecule has 0 radical (unpaired) electrons. The van der Waals surface area contributed by atoms with Crippen molar-refractivity contribution in [1.82, 2.24) is 0 Å². The largest absolute Gasteiger partial charge is 0.322 e. The van der Waals surface area contributed by atoms with Crippen molar-refractivity contribution in [2.45, 2.75) is 26.7 Å². The molecule has 5 nitrogen and oxygen atoms in total. The van der Waals surface area contributed by atoms with E-state index in [0.717, 1.165) is 11.1 Å². The van der Waals surface area contributed by atoms with Gasteiger partial charge in [-0.25, -0.2) is 4.90 Å². The van der Waals surface area contributed by atoms with Gasteiger partial charge >= 0.3 is 0 Å². The minimum absolute atomic E-state index is 0.230. The monoisotopic (exact) mass is 408 g/mol. The van der Waals surface area contributed by atoms with Crippen LogP contribution in [0.2, 0.25) is 5.02 Å². The first-order valence-electron chi connectivity index (χ1n) is 9.57. The number of benzene rings is 2. The SMILES string of the molecule is CC1=CC[C@H]2C(=O)N(c3ccccc3C(=O)Nc3ccc(C)c(Cl)c3)C(=O)[C@H]2C1. The molecular formula is C23H21ClN2O3. The van der Waals surface area contributed by atoms with Gasteiger partial charge in [0.2, 0.25) is 11.8 Å². The molecule has 1 heterocycles. The van der Waals surface area contributed by atoms with Crippen molar-refractivity contribution in [3.05, 3.63) is 70.3 Å². The third kappa shape index (κ3) is 3.47. The number of rotatable bonds is 3. The number of hydrogen-bond acceptors (Lipinski definition) is 3. The highest BCUT2D eigenvalue weighted by Gasteiger charge is 2.49. The minimum atomic E-state index is -0.398. The molecule has 2 aliphatic rings. The van der Waals surface area contributed by atoms with Gasteiger partial charge in [-0.15, -0.1) is 0 Å². The van der Waals surface area contributed by atoms with Gasteiger partial charge in [0.25, 0.3) is 5.91 Å². The summed E-state index contributed by atoms with van der Waals surface area (Å²) in [6, 6.07) is 11.9. The quantitative estimate of drug-likeness (QED) is 0.588. The van der Waals surface area contributed by atoms with Gasteiger partial charge in [-0.2, -0.15) is 0 Å². The van der Waals surface area contributed by atoms with E-state index < -0.39 is 5.91 Å². The van der Waals surface area contributed by atoms with Crippen LogP contribution < -0.4 is 10.2 Å². The van der Waals surface area contributed by atoms with E-state index in [1.807, 2.05) is 26.0 Å². The van der Waals surface area contributed by atoms with Gasteiger partial charge in [-0.05, 0) is 56.5 Å². The van der Waals surface area contributed by atoms with Gasteiger partial charge < -0.3 is 5.32 Å². The third-order valence-electron chi connectivity index (χ3n) is 5.64. The van der Waals surface area contributed by atoms with E-state index in [2.05, 4.69) is 5.32 Å². The van der Waals surface area contributed by atoms with E-state index in [1.165, 1.54) is 4.90 Å². The molecule has 0 bridgehead atoms. The van der Waals surface area contributed by atoms with E-state index in [9.17, 15) is 14.4 Å². The smallest absolute Gasteiger partial charge is 0.257 e. The molecule has 0 spiro atoms. The summed E-state index contributed by atoms with van der Waals surface area (Å²) in [5.74, 6) is -1.56. The summed E-state index contributed by atoms with van der Waals surface area (Å²) in [4.78, 5) is 40.2. The number of imide groups is 1. The van der Waals surface area contributed by atoms with Crippen LogP contribution in [-0.2, 0) is 9.59 Å². The lowest BCUT2D eigenvalue weighted by Crippen LogP contribution is -2.33. The Hall–Kier alpha value is -2.92. The standard InChI is InChI=1S/C23H21ClN2O3/c1-13-7-10-16-18(11-13)23(29)26(22(16)28)20-6-4-3-5-17(20)21(27)25-15-9-8-14(2)19(24)12-15/h3-9,12,16,18H,10-11H2,1-2H3,(H,25,27)/t16-,18+/m1/s1.